The number of carbonyl (C=O) groups is 2. The van der Waals surface area contributed by atoms with Crippen molar-refractivity contribution in [3.05, 3.63) is 41.5 Å². The topological polar surface area (TPSA) is 89.5 Å². The number of esters is 1. The largest absolute Gasteiger partial charge is 0.493 e. The number of ether oxygens (including phenoxy) is 6. The second-order valence-electron chi connectivity index (χ2n) is 6.88. The molecule has 1 aliphatic rings. The van der Waals surface area contributed by atoms with Crippen LogP contribution in [0.5, 0.6) is 28.7 Å². The van der Waals surface area contributed by atoms with Crippen molar-refractivity contribution in [2.45, 2.75) is 19.8 Å². The van der Waals surface area contributed by atoms with Gasteiger partial charge in [-0.2, -0.15) is 0 Å². The van der Waals surface area contributed by atoms with E-state index in [-0.39, 0.29) is 32.0 Å². The first kappa shape index (κ1) is 22.3. The Kier molecular flexibility index (Phi) is 7.23. The minimum atomic E-state index is -0.680. The fraction of sp³-hybridized carbons (Fsp3) is 0.391. The molecular formula is C23H26O8. The maximum atomic E-state index is 12.9. The van der Waals surface area contributed by atoms with Crippen LogP contribution in [-0.2, 0) is 16.0 Å². The van der Waals surface area contributed by atoms with Gasteiger partial charge in [0.05, 0.1) is 33.9 Å². The minimum Gasteiger partial charge on any atom is -0.493 e. The standard InChI is InChI=1S/C23H26O8/c1-5-29-23(25)16(8-14-9-20(26-2)22(28-4)21(10-14)27-3)11-17(24)15-6-7-18-19(12-15)31-13-30-18/h6-7,9-10,12,16H,5,8,11,13H2,1-4H3. The lowest BCUT2D eigenvalue weighted by molar-refractivity contribution is -0.147. The first-order valence-electron chi connectivity index (χ1n) is 9.89. The van der Waals surface area contributed by atoms with E-state index in [2.05, 4.69) is 0 Å². The van der Waals surface area contributed by atoms with E-state index in [1.54, 1.807) is 37.3 Å². The maximum absolute atomic E-state index is 12.9. The molecule has 1 heterocycles. The van der Waals surface area contributed by atoms with Gasteiger partial charge in [-0.3, -0.25) is 9.59 Å². The molecule has 0 fully saturated rings. The molecule has 2 aromatic rings. The van der Waals surface area contributed by atoms with Crippen LogP contribution in [0.25, 0.3) is 0 Å². The van der Waals surface area contributed by atoms with Crippen molar-refractivity contribution < 1.29 is 38.0 Å². The van der Waals surface area contributed by atoms with E-state index < -0.39 is 11.9 Å². The molecule has 0 saturated heterocycles. The van der Waals surface area contributed by atoms with Gasteiger partial charge in [0, 0.05) is 12.0 Å². The summed E-state index contributed by atoms with van der Waals surface area (Å²) in [4.78, 5) is 25.6. The SMILES string of the molecule is CCOC(=O)C(CC(=O)c1ccc2c(c1)OCO2)Cc1cc(OC)c(OC)c(OC)c1. The first-order valence-corrected chi connectivity index (χ1v) is 9.89. The zero-order chi connectivity index (χ0) is 22.4. The number of hydrogen-bond donors (Lipinski definition) is 0. The predicted molar refractivity (Wildman–Crippen MR) is 111 cm³/mol. The minimum absolute atomic E-state index is 0.0187. The lowest BCUT2D eigenvalue weighted by Crippen LogP contribution is -2.23. The molecule has 0 amide bonds. The van der Waals surface area contributed by atoms with Gasteiger partial charge < -0.3 is 28.4 Å². The molecule has 166 valence electrons. The van der Waals surface area contributed by atoms with Crippen LogP contribution >= 0.6 is 0 Å². The molecule has 0 aromatic heterocycles. The molecule has 0 N–H and O–H groups in total. The molecule has 0 saturated carbocycles. The Labute approximate surface area is 181 Å². The van der Waals surface area contributed by atoms with Gasteiger partial charge in [-0.05, 0) is 49.2 Å². The summed E-state index contributed by atoms with van der Waals surface area (Å²) in [6, 6.07) is 8.51. The summed E-state index contributed by atoms with van der Waals surface area (Å²) in [6.45, 7) is 2.08. The van der Waals surface area contributed by atoms with E-state index in [1.165, 1.54) is 21.3 Å². The van der Waals surface area contributed by atoms with Gasteiger partial charge in [0.15, 0.2) is 28.8 Å². The summed E-state index contributed by atoms with van der Waals surface area (Å²) in [5.41, 5.74) is 1.20. The summed E-state index contributed by atoms with van der Waals surface area (Å²) < 4.78 is 32.0. The van der Waals surface area contributed by atoms with Crippen molar-refractivity contribution in [2.24, 2.45) is 5.92 Å². The number of fused-ring (bicyclic) bond motifs is 1. The number of ketones is 1. The number of carbonyl (C=O) groups excluding carboxylic acids is 2. The molecule has 8 heteroatoms. The Balaban J connectivity index is 1.84. The average Bonchev–Trinajstić information content (AvgIpc) is 3.25. The number of methoxy groups -OCH3 is 3. The molecule has 1 aliphatic heterocycles. The van der Waals surface area contributed by atoms with Gasteiger partial charge >= 0.3 is 5.97 Å². The predicted octanol–water partition coefficient (Wildman–Crippen LogP) is 3.44. The third-order valence-corrected chi connectivity index (χ3v) is 4.95. The normalized spacial score (nSPS) is 12.8. The van der Waals surface area contributed by atoms with Gasteiger partial charge in [0.25, 0.3) is 0 Å². The first-order chi connectivity index (χ1) is 15.0. The van der Waals surface area contributed by atoms with Crippen LogP contribution in [0.2, 0.25) is 0 Å². The highest BCUT2D eigenvalue weighted by Crippen LogP contribution is 2.39. The van der Waals surface area contributed by atoms with Gasteiger partial charge in [-0.1, -0.05) is 0 Å². The zero-order valence-corrected chi connectivity index (χ0v) is 18.1. The van der Waals surface area contributed by atoms with E-state index in [4.69, 9.17) is 28.4 Å². The highest BCUT2D eigenvalue weighted by molar-refractivity contribution is 5.98. The fourth-order valence-electron chi connectivity index (χ4n) is 3.45. The molecule has 8 nitrogen and oxygen atoms in total. The second-order valence-corrected chi connectivity index (χ2v) is 6.88. The highest BCUT2D eigenvalue weighted by atomic mass is 16.7. The van der Waals surface area contributed by atoms with Crippen molar-refractivity contribution in [2.75, 3.05) is 34.7 Å². The molecule has 1 atom stereocenters. The van der Waals surface area contributed by atoms with Gasteiger partial charge in [-0.15, -0.1) is 0 Å². The third-order valence-electron chi connectivity index (χ3n) is 4.95. The van der Waals surface area contributed by atoms with Crippen molar-refractivity contribution in [1.29, 1.82) is 0 Å². The lowest BCUT2D eigenvalue weighted by Gasteiger charge is -2.18. The van der Waals surface area contributed by atoms with Gasteiger partial charge in [-0.25, -0.2) is 0 Å². The van der Waals surface area contributed by atoms with E-state index in [9.17, 15) is 9.59 Å². The fourth-order valence-corrected chi connectivity index (χ4v) is 3.45. The molecule has 1 unspecified atom stereocenters. The summed E-state index contributed by atoms with van der Waals surface area (Å²) in [5.74, 6) is 1.20. The molecule has 0 aliphatic carbocycles. The van der Waals surface area contributed by atoms with E-state index in [0.717, 1.165) is 5.56 Å². The molecule has 0 radical (unpaired) electrons. The van der Waals surface area contributed by atoms with Crippen LogP contribution in [0.15, 0.2) is 30.3 Å². The number of benzene rings is 2. The molecule has 0 bridgehead atoms. The molecule has 0 spiro atoms. The molecule has 2 aromatic carbocycles. The molecular weight excluding hydrogens is 404 g/mol. The number of hydrogen-bond acceptors (Lipinski definition) is 8. The summed E-state index contributed by atoms with van der Waals surface area (Å²) in [6.07, 6.45) is 0.251. The second kappa shape index (κ2) is 10.1. The Morgan fingerprint density at radius 3 is 2.26 bits per heavy atom. The van der Waals surface area contributed by atoms with Crippen LogP contribution < -0.4 is 23.7 Å². The smallest absolute Gasteiger partial charge is 0.309 e. The zero-order valence-electron chi connectivity index (χ0n) is 18.1. The lowest BCUT2D eigenvalue weighted by atomic mass is 9.91. The van der Waals surface area contributed by atoms with Crippen LogP contribution in [0, 0.1) is 5.92 Å². The Morgan fingerprint density at radius 2 is 1.65 bits per heavy atom. The van der Waals surface area contributed by atoms with Crippen LogP contribution in [0.3, 0.4) is 0 Å². The van der Waals surface area contributed by atoms with Crippen molar-refractivity contribution in [1.82, 2.24) is 0 Å². The van der Waals surface area contributed by atoms with Crippen molar-refractivity contribution in [3.63, 3.8) is 0 Å². The van der Waals surface area contributed by atoms with Crippen molar-refractivity contribution >= 4 is 11.8 Å². The van der Waals surface area contributed by atoms with Crippen LogP contribution in [0.4, 0.5) is 0 Å². The number of Topliss-reactive ketones (excluding diaryl/α,β-unsaturated/α-hetero) is 1. The van der Waals surface area contributed by atoms with E-state index in [0.29, 0.717) is 34.3 Å². The Bertz CT molecular complexity index is 928. The summed E-state index contributed by atoms with van der Waals surface area (Å²) in [5, 5.41) is 0. The maximum Gasteiger partial charge on any atom is 0.309 e. The Hall–Kier alpha value is -3.42. The van der Waals surface area contributed by atoms with E-state index in [1.807, 2.05) is 0 Å². The van der Waals surface area contributed by atoms with E-state index >= 15 is 0 Å². The average molecular weight is 430 g/mol. The van der Waals surface area contributed by atoms with Crippen molar-refractivity contribution in [3.8, 4) is 28.7 Å². The van der Waals surface area contributed by atoms with Gasteiger partial charge in [0.1, 0.15) is 0 Å². The monoisotopic (exact) mass is 430 g/mol. The van der Waals surface area contributed by atoms with Gasteiger partial charge in [0.2, 0.25) is 12.5 Å². The summed E-state index contributed by atoms with van der Waals surface area (Å²) >= 11 is 0. The van der Waals surface area contributed by atoms with Crippen LogP contribution in [-0.4, -0.2) is 46.5 Å². The highest BCUT2D eigenvalue weighted by Gasteiger charge is 2.27. The van der Waals surface area contributed by atoms with Crippen LogP contribution in [0.1, 0.15) is 29.3 Å². The number of rotatable bonds is 10. The Morgan fingerprint density at radius 1 is 0.968 bits per heavy atom. The molecule has 31 heavy (non-hydrogen) atoms. The summed E-state index contributed by atoms with van der Waals surface area (Å²) in [7, 11) is 4.56. The third kappa shape index (κ3) is 5.02. The molecule has 3 rings (SSSR count). The quantitative estimate of drug-likeness (QED) is 0.418.